The number of rotatable bonds is 3. The van der Waals surface area contributed by atoms with Crippen LogP contribution in [-0.2, 0) is 0 Å². The molecule has 1 fully saturated rings. The summed E-state index contributed by atoms with van der Waals surface area (Å²) in [6, 6.07) is 0.697. The van der Waals surface area contributed by atoms with Crippen molar-refractivity contribution in [3.63, 3.8) is 0 Å². The maximum Gasteiger partial charge on any atom is 0.0210 e. The van der Waals surface area contributed by atoms with Crippen LogP contribution < -0.4 is 5.32 Å². The number of likely N-dealkylation sites (N-methyl/N-ethyl adjacent to an activating group) is 1. The number of hydrogen-bond acceptors (Lipinski definition) is 2. The van der Waals surface area contributed by atoms with Crippen molar-refractivity contribution in [1.82, 2.24) is 10.2 Å². The molecule has 0 amide bonds. The Morgan fingerprint density at radius 3 is 3.10 bits per heavy atom. The van der Waals surface area contributed by atoms with Crippen molar-refractivity contribution in [2.24, 2.45) is 0 Å². The molecule has 1 aliphatic rings. The van der Waals surface area contributed by atoms with Crippen molar-refractivity contribution in [2.45, 2.75) is 12.5 Å². The van der Waals surface area contributed by atoms with Crippen molar-refractivity contribution in [3.05, 3.63) is 12.7 Å². The molecule has 58 valence electrons. The highest BCUT2D eigenvalue weighted by Crippen LogP contribution is 2.04. The summed E-state index contributed by atoms with van der Waals surface area (Å²) in [6.07, 6.45) is 3.20. The lowest BCUT2D eigenvalue weighted by Crippen LogP contribution is -2.31. The van der Waals surface area contributed by atoms with Gasteiger partial charge >= 0.3 is 0 Å². The molecule has 1 rings (SSSR count). The zero-order valence-corrected chi connectivity index (χ0v) is 6.64. The van der Waals surface area contributed by atoms with Crippen LogP contribution in [0, 0.1) is 0 Å². The third kappa shape index (κ3) is 2.12. The third-order valence-corrected chi connectivity index (χ3v) is 1.94. The molecule has 0 aromatic carbocycles. The topological polar surface area (TPSA) is 15.3 Å². The van der Waals surface area contributed by atoms with Gasteiger partial charge in [0, 0.05) is 19.1 Å². The monoisotopic (exact) mass is 140 g/mol. The van der Waals surface area contributed by atoms with E-state index in [4.69, 9.17) is 0 Å². The summed E-state index contributed by atoms with van der Waals surface area (Å²) < 4.78 is 0. The minimum Gasteiger partial charge on any atom is -0.309 e. The predicted molar refractivity (Wildman–Crippen MR) is 44.1 cm³/mol. The molecule has 2 heteroatoms. The van der Waals surface area contributed by atoms with Crippen LogP contribution in [0.1, 0.15) is 6.42 Å². The zero-order valence-electron chi connectivity index (χ0n) is 6.64. The first kappa shape index (κ1) is 7.76. The van der Waals surface area contributed by atoms with Crippen molar-refractivity contribution in [2.75, 3.05) is 26.7 Å². The van der Waals surface area contributed by atoms with Gasteiger partial charge in [0.1, 0.15) is 0 Å². The molecule has 1 atom stereocenters. The van der Waals surface area contributed by atoms with E-state index in [1.54, 1.807) is 0 Å². The molecule has 1 aliphatic heterocycles. The van der Waals surface area contributed by atoms with Crippen LogP contribution in [0.4, 0.5) is 0 Å². The molecular formula is C8H16N2. The van der Waals surface area contributed by atoms with Crippen LogP contribution in [0.3, 0.4) is 0 Å². The van der Waals surface area contributed by atoms with E-state index in [0.29, 0.717) is 6.04 Å². The molecule has 1 heterocycles. The Labute approximate surface area is 62.9 Å². The first-order valence-corrected chi connectivity index (χ1v) is 3.85. The highest BCUT2D eigenvalue weighted by atomic mass is 15.2. The van der Waals surface area contributed by atoms with Crippen LogP contribution in [0.2, 0.25) is 0 Å². The highest BCUT2D eigenvalue weighted by molar-refractivity contribution is 4.81. The van der Waals surface area contributed by atoms with Crippen LogP contribution in [-0.4, -0.2) is 37.6 Å². The Bertz CT molecular complexity index is 112. The Balaban J connectivity index is 2.12. The summed E-state index contributed by atoms with van der Waals surface area (Å²) in [7, 11) is 2.16. The van der Waals surface area contributed by atoms with Gasteiger partial charge in [0.15, 0.2) is 0 Å². The standard InChI is InChI=1S/C8H16N2/c1-3-5-9-8-4-6-10(2)7-8/h3,8-9H,1,4-7H2,2H3/t8-/m1/s1. The fourth-order valence-corrected chi connectivity index (χ4v) is 1.35. The van der Waals surface area contributed by atoms with E-state index in [-0.39, 0.29) is 0 Å². The van der Waals surface area contributed by atoms with Crippen molar-refractivity contribution < 1.29 is 0 Å². The number of hydrogen-bond donors (Lipinski definition) is 1. The maximum atomic E-state index is 3.66. The molecule has 0 saturated carbocycles. The van der Waals surface area contributed by atoms with Gasteiger partial charge in [-0.05, 0) is 20.0 Å². The lowest BCUT2D eigenvalue weighted by molar-refractivity contribution is 0.401. The summed E-state index contributed by atoms with van der Waals surface area (Å²) in [5, 5.41) is 3.40. The van der Waals surface area contributed by atoms with Gasteiger partial charge in [-0.2, -0.15) is 0 Å². The fourth-order valence-electron chi connectivity index (χ4n) is 1.35. The summed E-state index contributed by atoms with van der Waals surface area (Å²) in [4.78, 5) is 2.35. The Morgan fingerprint density at radius 1 is 1.80 bits per heavy atom. The van der Waals surface area contributed by atoms with Crippen LogP contribution in [0.15, 0.2) is 12.7 Å². The molecular weight excluding hydrogens is 124 g/mol. The van der Waals surface area contributed by atoms with Crippen LogP contribution in [0.5, 0.6) is 0 Å². The highest BCUT2D eigenvalue weighted by Gasteiger charge is 2.17. The quantitative estimate of drug-likeness (QED) is 0.573. The molecule has 0 spiro atoms. The van der Waals surface area contributed by atoms with Gasteiger partial charge in [0.25, 0.3) is 0 Å². The fraction of sp³-hybridized carbons (Fsp3) is 0.750. The minimum atomic E-state index is 0.697. The lowest BCUT2D eigenvalue weighted by atomic mass is 10.2. The van der Waals surface area contributed by atoms with Crippen molar-refractivity contribution in [1.29, 1.82) is 0 Å². The second-order valence-corrected chi connectivity index (χ2v) is 2.94. The van der Waals surface area contributed by atoms with Crippen molar-refractivity contribution in [3.8, 4) is 0 Å². The molecule has 1 N–H and O–H groups in total. The molecule has 0 aromatic heterocycles. The van der Waals surface area contributed by atoms with Gasteiger partial charge in [0.05, 0.1) is 0 Å². The van der Waals surface area contributed by atoms with Gasteiger partial charge in [0.2, 0.25) is 0 Å². The number of likely N-dealkylation sites (tertiary alicyclic amines) is 1. The van der Waals surface area contributed by atoms with E-state index < -0.39 is 0 Å². The zero-order chi connectivity index (χ0) is 7.40. The second-order valence-electron chi connectivity index (χ2n) is 2.94. The van der Waals surface area contributed by atoms with Gasteiger partial charge in [-0.3, -0.25) is 0 Å². The van der Waals surface area contributed by atoms with E-state index in [1.165, 1.54) is 19.5 Å². The summed E-state index contributed by atoms with van der Waals surface area (Å²) >= 11 is 0. The summed E-state index contributed by atoms with van der Waals surface area (Å²) in [5.41, 5.74) is 0. The molecule has 0 aromatic rings. The van der Waals surface area contributed by atoms with Gasteiger partial charge in [-0.25, -0.2) is 0 Å². The Morgan fingerprint density at radius 2 is 2.60 bits per heavy atom. The molecule has 2 nitrogen and oxygen atoms in total. The van der Waals surface area contributed by atoms with E-state index >= 15 is 0 Å². The summed E-state index contributed by atoms with van der Waals surface area (Å²) in [5.74, 6) is 0. The molecule has 10 heavy (non-hydrogen) atoms. The van der Waals surface area contributed by atoms with Gasteiger partial charge < -0.3 is 10.2 Å². The third-order valence-electron chi connectivity index (χ3n) is 1.94. The first-order valence-electron chi connectivity index (χ1n) is 3.85. The Kier molecular flexibility index (Phi) is 2.90. The molecule has 1 saturated heterocycles. The second kappa shape index (κ2) is 3.74. The number of nitrogens with one attached hydrogen (secondary N) is 1. The normalized spacial score (nSPS) is 27.1. The molecule has 0 unspecified atom stereocenters. The van der Waals surface area contributed by atoms with Gasteiger partial charge in [-0.15, -0.1) is 6.58 Å². The van der Waals surface area contributed by atoms with E-state index in [1.807, 2.05) is 6.08 Å². The maximum absolute atomic E-state index is 3.66. The molecule has 0 aliphatic carbocycles. The molecule has 0 bridgehead atoms. The first-order chi connectivity index (χ1) is 4.83. The smallest absolute Gasteiger partial charge is 0.0210 e. The SMILES string of the molecule is C=CCN[C@@H]1CCN(C)C1. The van der Waals surface area contributed by atoms with Crippen molar-refractivity contribution >= 4 is 0 Å². The average molecular weight is 140 g/mol. The lowest BCUT2D eigenvalue weighted by Gasteiger charge is -2.10. The summed E-state index contributed by atoms with van der Waals surface area (Å²) in [6.45, 7) is 7.03. The van der Waals surface area contributed by atoms with Crippen LogP contribution >= 0.6 is 0 Å². The van der Waals surface area contributed by atoms with E-state index in [2.05, 4.69) is 23.8 Å². The van der Waals surface area contributed by atoms with E-state index in [0.717, 1.165) is 6.54 Å². The largest absolute Gasteiger partial charge is 0.309 e. The number of nitrogens with zero attached hydrogens (tertiary/aromatic N) is 1. The molecule has 0 radical (unpaired) electrons. The van der Waals surface area contributed by atoms with E-state index in [9.17, 15) is 0 Å². The predicted octanol–water partition coefficient (Wildman–Crippen LogP) is 0.466. The van der Waals surface area contributed by atoms with Gasteiger partial charge in [-0.1, -0.05) is 6.08 Å². The average Bonchev–Trinajstić information content (AvgIpc) is 2.31. The Hall–Kier alpha value is -0.340. The minimum absolute atomic E-state index is 0.697. The van der Waals surface area contributed by atoms with Crippen LogP contribution in [0.25, 0.3) is 0 Å².